The molecule has 2 aromatic rings. The van der Waals surface area contributed by atoms with Crippen LogP contribution in [0.4, 0.5) is 26.3 Å². The van der Waals surface area contributed by atoms with Crippen molar-refractivity contribution in [3.8, 4) is 0 Å². The number of carbonyl (C=O) groups is 1. The summed E-state index contributed by atoms with van der Waals surface area (Å²) in [4.78, 5) is 12.7. The van der Waals surface area contributed by atoms with Gasteiger partial charge in [-0.3, -0.25) is 9.69 Å². The Bertz CT molecular complexity index is 925. The van der Waals surface area contributed by atoms with Gasteiger partial charge in [0, 0.05) is 19.0 Å². The van der Waals surface area contributed by atoms with Crippen LogP contribution < -0.4 is 0 Å². The first kappa shape index (κ1) is 24.1. The van der Waals surface area contributed by atoms with Crippen LogP contribution in [0.25, 0.3) is 0 Å². The number of alkyl halides is 6. The molecule has 0 bridgehead atoms. The molecule has 2 aromatic carbocycles. The number of halogens is 6. The Morgan fingerprint density at radius 2 is 1.44 bits per heavy atom. The zero-order chi connectivity index (χ0) is 23.7. The van der Waals surface area contributed by atoms with E-state index in [1.165, 1.54) is 12.1 Å². The molecule has 10 heteroatoms. The number of benzene rings is 2. The summed E-state index contributed by atoms with van der Waals surface area (Å²) in [6.45, 7) is 0.228. The van der Waals surface area contributed by atoms with Gasteiger partial charge in [-0.15, -0.1) is 0 Å². The van der Waals surface area contributed by atoms with Gasteiger partial charge >= 0.3 is 18.3 Å². The van der Waals surface area contributed by atoms with Gasteiger partial charge in [-0.1, -0.05) is 24.3 Å². The summed E-state index contributed by atoms with van der Waals surface area (Å²) in [5, 5.41) is 20.0. The van der Waals surface area contributed by atoms with Crippen LogP contribution in [0.15, 0.2) is 48.5 Å². The zero-order valence-corrected chi connectivity index (χ0v) is 16.7. The van der Waals surface area contributed by atoms with Gasteiger partial charge < -0.3 is 10.2 Å². The molecule has 0 unspecified atom stereocenters. The van der Waals surface area contributed by atoms with E-state index < -0.39 is 41.7 Å². The average molecular weight is 461 g/mol. The van der Waals surface area contributed by atoms with Crippen LogP contribution >= 0.6 is 0 Å². The standard InChI is InChI=1S/C22H21F6NO3/c23-21(24,25)16-5-1-14(2-6-16)18-11-13(12-19(30)31)9-10-29(18)20(32)15-3-7-17(8-4-15)22(26,27)28/h1-8,13,18,20,32H,9-12H2,(H,30,31)/t13-,18+,20-/m1/s1. The summed E-state index contributed by atoms with van der Waals surface area (Å²) >= 11 is 0. The highest BCUT2D eigenvalue weighted by molar-refractivity contribution is 5.67. The number of rotatable bonds is 5. The van der Waals surface area contributed by atoms with Gasteiger partial charge in [-0.05, 0) is 54.2 Å². The van der Waals surface area contributed by atoms with E-state index >= 15 is 0 Å². The van der Waals surface area contributed by atoms with Crippen molar-refractivity contribution in [3.63, 3.8) is 0 Å². The lowest BCUT2D eigenvalue weighted by Crippen LogP contribution is -2.40. The summed E-state index contributed by atoms with van der Waals surface area (Å²) in [5.41, 5.74) is -1.05. The van der Waals surface area contributed by atoms with Crippen molar-refractivity contribution in [2.75, 3.05) is 6.54 Å². The molecule has 0 aliphatic carbocycles. The molecule has 0 amide bonds. The highest BCUT2D eigenvalue weighted by atomic mass is 19.4. The normalized spacial score (nSPS) is 21.3. The van der Waals surface area contributed by atoms with Gasteiger partial charge in [0.1, 0.15) is 6.23 Å². The number of nitrogens with zero attached hydrogens (tertiary/aromatic N) is 1. The van der Waals surface area contributed by atoms with Crippen LogP contribution in [0.2, 0.25) is 0 Å². The first-order chi connectivity index (χ1) is 14.9. The SMILES string of the molecule is O=C(O)C[C@@H]1CCN([C@H](O)c2ccc(C(F)(F)F)cc2)[C@H](c2ccc(C(F)(F)F)cc2)C1. The number of hydrogen-bond acceptors (Lipinski definition) is 3. The maximum atomic E-state index is 12.9. The van der Waals surface area contributed by atoms with Crippen LogP contribution in [0, 0.1) is 5.92 Å². The van der Waals surface area contributed by atoms with Crippen LogP contribution in [-0.4, -0.2) is 27.6 Å². The maximum absolute atomic E-state index is 12.9. The molecule has 1 aliphatic rings. The Balaban J connectivity index is 1.89. The Labute approximate surface area is 180 Å². The highest BCUT2D eigenvalue weighted by Gasteiger charge is 2.36. The molecule has 1 heterocycles. The number of piperidine rings is 1. The molecular weight excluding hydrogens is 440 g/mol. The second-order valence-corrected chi connectivity index (χ2v) is 7.86. The molecule has 4 nitrogen and oxygen atoms in total. The number of aliphatic hydroxyl groups excluding tert-OH is 1. The fraction of sp³-hybridized carbons (Fsp3) is 0.409. The van der Waals surface area contributed by atoms with Crippen LogP contribution in [0.1, 0.15) is 53.8 Å². The minimum absolute atomic E-state index is 0.124. The van der Waals surface area contributed by atoms with Gasteiger partial charge in [0.15, 0.2) is 0 Å². The molecule has 1 fully saturated rings. The minimum Gasteiger partial charge on any atom is -0.481 e. The van der Waals surface area contributed by atoms with E-state index in [1.54, 1.807) is 4.90 Å². The van der Waals surface area contributed by atoms with Gasteiger partial charge in [0.05, 0.1) is 11.1 Å². The van der Waals surface area contributed by atoms with Crippen LogP contribution in [0.3, 0.4) is 0 Å². The molecule has 3 atom stereocenters. The van der Waals surface area contributed by atoms with Crippen LogP contribution in [0.5, 0.6) is 0 Å². The second kappa shape index (κ2) is 9.11. The van der Waals surface area contributed by atoms with Crippen molar-refractivity contribution in [3.05, 3.63) is 70.8 Å². The Hall–Kier alpha value is -2.59. The number of hydrogen-bond donors (Lipinski definition) is 2. The minimum atomic E-state index is -4.53. The fourth-order valence-corrected chi connectivity index (χ4v) is 4.04. The van der Waals surface area contributed by atoms with Crippen molar-refractivity contribution in [2.45, 2.75) is 43.9 Å². The van der Waals surface area contributed by atoms with E-state index in [4.69, 9.17) is 5.11 Å². The topological polar surface area (TPSA) is 60.8 Å². The van der Waals surface area contributed by atoms with Crippen molar-refractivity contribution in [1.82, 2.24) is 4.90 Å². The van der Waals surface area contributed by atoms with E-state index in [0.29, 0.717) is 12.0 Å². The largest absolute Gasteiger partial charge is 0.481 e. The predicted molar refractivity (Wildman–Crippen MR) is 102 cm³/mol. The number of likely N-dealkylation sites (tertiary alicyclic amines) is 1. The van der Waals surface area contributed by atoms with E-state index in [2.05, 4.69) is 0 Å². The molecule has 0 saturated carbocycles. The third kappa shape index (κ3) is 5.60. The van der Waals surface area contributed by atoms with E-state index in [9.17, 15) is 36.2 Å². The molecular formula is C22H21F6NO3. The van der Waals surface area contributed by atoms with Gasteiger partial charge in [0.25, 0.3) is 0 Å². The number of carboxylic acid groups (broad SMARTS) is 1. The molecule has 0 aromatic heterocycles. The van der Waals surface area contributed by atoms with Crippen molar-refractivity contribution in [1.29, 1.82) is 0 Å². The number of aliphatic hydroxyl groups is 1. The zero-order valence-electron chi connectivity index (χ0n) is 16.7. The van der Waals surface area contributed by atoms with Gasteiger partial charge in [-0.2, -0.15) is 26.3 Å². The van der Waals surface area contributed by atoms with Crippen molar-refractivity contribution < 1.29 is 41.4 Å². The summed E-state index contributed by atoms with van der Waals surface area (Å²) < 4.78 is 77.2. The first-order valence-corrected chi connectivity index (χ1v) is 9.86. The lowest BCUT2D eigenvalue weighted by atomic mass is 9.84. The maximum Gasteiger partial charge on any atom is 0.416 e. The number of aliphatic carboxylic acids is 1. The lowest BCUT2D eigenvalue weighted by Gasteiger charge is -2.42. The van der Waals surface area contributed by atoms with Gasteiger partial charge in [-0.25, -0.2) is 0 Å². The molecule has 32 heavy (non-hydrogen) atoms. The summed E-state index contributed by atoms with van der Waals surface area (Å²) in [7, 11) is 0. The van der Waals surface area contributed by atoms with Crippen molar-refractivity contribution >= 4 is 5.97 Å². The highest BCUT2D eigenvalue weighted by Crippen LogP contribution is 2.41. The molecule has 1 aliphatic heterocycles. The smallest absolute Gasteiger partial charge is 0.416 e. The molecule has 1 saturated heterocycles. The molecule has 0 spiro atoms. The molecule has 2 N–H and O–H groups in total. The fourth-order valence-electron chi connectivity index (χ4n) is 4.04. The Morgan fingerprint density at radius 1 is 0.938 bits per heavy atom. The Kier molecular flexibility index (Phi) is 6.85. The molecule has 0 radical (unpaired) electrons. The Morgan fingerprint density at radius 3 is 1.91 bits per heavy atom. The third-order valence-electron chi connectivity index (χ3n) is 5.69. The molecule has 174 valence electrons. The van der Waals surface area contributed by atoms with Gasteiger partial charge in [0.2, 0.25) is 0 Å². The number of carboxylic acids is 1. The quantitative estimate of drug-likeness (QED) is 0.566. The lowest BCUT2D eigenvalue weighted by molar-refractivity contribution is -0.140. The van der Waals surface area contributed by atoms with E-state index in [0.717, 1.165) is 36.4 Å². The average Bonchev–Trinajstić information content (AvgIpc) is 2.72. The second-order valence-electron chi connectivity index (χ2n) is 7.86. The monoisotopic (exact) mass is 461 g/mol. The van der Waals surface area contributed by atoms with E-state index in [-0.39, 0.29) is 30.9 Å². The summed E-state index contributed by atoms with van der Waals surface area (Å²) in [5.74, 6) is -1.26. The third-order valence-corrected chi connectivity index (χ3v) is 5.69. The van der Waals surface area contributed by atoms with Crippen LogP contribution in [-0.2, 0) is 17.1 Å². The molecule has 3 rings (SSSR count). The summed E-state index contributed by atoms with van der Waals surface area (Å²) in [6, 6.07) is 7.80. The van der Waals surface area contributed by atoms with E-state index in [1.807, 2.05) is 0 Å². The first-order valence-electron chi connectivity index (χ1n) is 9.86. The summed E-state index contributed by atoms with van der Waals surface area (Å²) in [6.07, 6.45) is -9.79. The predicted octanol–water partition coefficient (Wildman–Crippen LogP) is 5.64. The van der Waals surface area contributed by atoms with Crippen molar-refractivity contribution in [2.24, 2.45) is 5.92 Å².